The summed E-state index contributed by atoms with van der Waals surface area (Å²) in [7, 11) is 0. The average Bonchev–Trinajstić information content (AvgIpc) is 3.32. The minimum Gasteiger partial charge on any atom is -0.379 e. The number of piperidine rings is 1. The van der Waals surface area contributed by atoms with Crippen LogP contribution < -0.4 is 10.6 Å². The molecule has 0 aromatic heterocycles. The number of rotatable bonds is 23. The Bertz CT molecular complexity index is 1150. The monoisotopic (exact) mass is 620 g/mol. The molecule has 1 atom stereocenters. The molecule has 2 aliphatic rings. The van der Waals surface area contributed by atoms with E-state index >= 15 is 0 Å². The zero-order valence-corrected chi connectivity index (χ0v) is 24.7. The highest BCUT2D eigenvalue weighted by molar-refractivity contribution is 6.05. The predicted octanol–water partition coefficient (Wildman–Crippen LogP) is 1.19. The van der Waals surface area contributed by atoms with E-state index in [9.17, 15) is 19.2 Å². The molecule has 1 aromatic rings. The van der Waals surface area contributed by atoms with Crippen molar-refractivity contribution in [2.75, 3.05) is 91.1 Å². The normalized spacial score (nSPS) is 16.0. The van der Waals surface area contributed by atoms with Crippen molar-refractivity contribution in [1.82, 2.24) is 10.2 Å². The number of imide groups is 1. The highest BCUT2D eigenvalue weighted by atomic mass is 16.6. The van der Waals surface area contributed by atoms with E-state index in [0.29, 0.717) is 102 Å². The van der Waals surface area contributed by atoms with Gasteiger partial charge in [-0.2, -0.15) is 0 Å². The number of anilines is 1. The molecule has 44 heavy (non-hydrogen) atoms. The van der Waals surface area contributed by atoms with Gasteiger partial charge in [0.15, 0.2) is 0 Å². The van der Waals surface area contributed by atoms with Crippen LogP contribution in [0.25, 0.3) is 10.4 Å². The minimum atomic E-state index is -0.683. The lowest BCUT2D eigenvalue weighted by molar-refractivity contribution is -0.137. The van der Waals surface area contributed by atoms with E-state index in [1.165, 1.54) is 4.90 Å². The summed E-state index contributed by atoms with van der Waals surface area (Å²) in [6.07, 6.45) is 0.638. The maximum atomic E-state index is 12.8. The topological polar surface area (TPSA) is 200 Å². The summed E-state index contributed by atoms with van der Waals surface area (Å²) in [4.78, 5) is 52.8. The number of amides is 4. The molecule has 16 nitrogen and oxygen atoms in total. The van der Waals surface area contributed by atoms with E-state index in [1.54, 1.807) is 18.2 Å². The van der Waals surface area contributed by atoms with E-state index in [-0.39, 0.29) is 43.7 Å². The van der Waals surface area contributed by atoms with Gasteiger partial charge in [0.2, 0.25) is 17.7 Å². The highest BCUT2D eigenvalue weighted by Gasteiger charge is 2.39. The molecule has 1 unspecified atom stereocenters. The number of carbonyl (C=O) groups is 4. The second-order valence-electron chi connectivity index (χ2n) is 9.70. The molecule has 0 bridgehead atoms. The van der Waals surface area contributed by atoms with Crippen LogP contribution in [0.5, 0.6) is 0 Å². The Kier molecular flexibility index (Phi) is 16.1. The molecular weight excluding hydrogens is 580 g/mol. The van der Waals surface area contributed by atoms with E-state index in [2.05, 4.69) is 20.7 Å². The highest BCUT2D eigenvalue weighted by Crippen LogP contribution is 2.29. The van der Waals surface area contributed by atoms with Crippen LogP contribution in [0.4, 0.5) is 5.69 Å². The van der Waals surface area contributed by atoms with Crippen molar-refractivity contribution < 1.29 is 47.6 Å². The number of benzene rings is 1. The number of nitrogens with zero attached hydrogens (tertiary/aromatic N) is 4. The Balaban J connectivity index is 1.12. The van der Waals surface area contributed by atoms with Crippen LogP contribution in [-0.2, 0) is 49.3 Å². The van der Waals surface area contributed by atoms with Crippen molar-refractivity contribution in [1.29, 1.82) is 0 Å². The molecule has 2 N–H and O–H groups in total. The third kappa shape index (κ3) is 12.5. The first-order valence-electron chi connectivity index (χ1n) is 14.5. The molecular formula is C28H40N6O10. The SMILES string of the molecule is [N-]=[N+]=NCCOCCOCCOCCOCCOCCOCCC(=O)Nc1ccc2c(c1)CN(C1CCC(=O)NC1=O)C2=O. The number of ether oxygens (including phenoxy) is 6. The Morgan fingerprint density at radius 1 is 0.886 bits per heavy atom. The number of azide groups is 1. The van der Waals surface area contributed by atoms with Crippen molar-refractivity contribution in [2.24, 2.45) is 5.11 Å². The van der Waals surface area contributed by atoms with Gasteiger partial charge in [-0.25, -0.2) is 0 Å². The van der Waals surface area contributed by atoms with Crippen LogP contribution in [-0.4, -0.2) is 120 Å². The lowest BCUT2D eigenvalue weighted by atomic mass is 10.0. The molecule has 1 saturated heterocycles. The van der Waals surface area contributed by atoms with Crippen LogP contribution >= 0.6 is 0 Å². The van der Waals surface area contributed by atoms with E-state index in [1.807, 2.05) is 0 Å². The quantitative estimate of drug-likeness (QED) is 0.0589. The van der Waals surface area contributed by atoms with Gasteiger partial charge in [-0.05, 0) is 35.7 Å². The van der Waals surface area contributed by atoms with E-state index < -0.39 is 11.9 Å². The Morgan fingerprint density at radius 3 is 2.02 bits per heavy atom. The van der Waals surface area contributed by atoms with Crippen molar-refractivity contribution in [3.05, 3.63) is 39.8 Å². The summed E-state index contributed by atoms with van der Waals surface area (Å²) in [5.74, 6) is -1.29. The minimum absolute atomic E-state index is 0.152. The largest absolute Gasteiger partial charge is 0.379 e. The molecule has 0 aliphatic carbocycles. The van der Waals surface area contributed by atoms with Gasteiger partial charge in [0.05, 0.1) is 85.7 Å². The van der Waals surface area contributed by atoms with Gasteiger partial charge >= 0.3 is 0 Å². The van der Waals surface area contributed by atoms with E-state index in [0.717, 1.165) is 0 Å². The standard InChI is InChI=1S/C28H40N6O10/c29-33-30-6-8-40-10-12-42-14-16-44-18-17-43-15-13-41-11-9-39-7-5-26(36)31-22-1-2-23-21(19-22)20-34(28(23)38)24-3-4-25(35)32-27(24)37/h1-2,19,24H,3-18,20H2,(H,31,36)(H,32,35,37). The first kappa shape index (κ1) is 34.9. The molecule has 4 amide bonds. The predicted molar refractivity (Wildman–Crippen MR) is 155 cm³/mol. The Labute approximate surface area is 255 Å². The number of nitrogens with one attached hydrogen (secondary N) is 2. The van der Waals surface area contributed by atoms with E-state index in [4.69, 9.17) is 34.0 Å². The Morgan fingerprint density at radius 2 is 1.45 bits per heavy atom. The number of hydrogen-bond donors (Lipinski definition) is 2. The van der Waals surface area contributed by atoms with Crippen molar-refractivity contribution >= 4 is 29.3 Å². The molecule has 0 saturated carbocycles. The van der Waals surface area contributed by atoms with Crippen LogP contribution in [0.2, 0.25) is 0 Å². The first-order chi connectivity index (χ1) is 21.5. The smallest absolute Gasteiger partial charge is 0.255 e. The van der Waals surface area contributed by atoms with Gasteiger partial charge in [-0.15, -0.1) is 0 Å². The summed E-state index contributed by atoms with van der Waals surface area (Å²) in [6.45, 7) is 5.36. The van der Waals surface area contributed by atoms with Crippen molar-refractivity contribution in [3.63, 3.8) is 0 Å². The molecule has 2 heterocycles. The molecule has 16 heteroatoms. The maximum Gasteiger partial charge on any atom is 0.255 e. The van der Waals surface area contributed by atoms with Crippen LogP contribution in [0.3, 0.4) is 0 Å². The fraction of sp³-hybridized carbons (Fsp3) is 0.643. The summed E-state index contributed by atoms with van der Waals surface area (Å²) in [6, 6.07) is 4.33. The third-order valence-corrected chi connectivity index (χ3v) is 6.54. The van der Waals surface area contributed by atoms with Crippen LogP contribution in [0.1, 0.15) is 35.2 Å². The first-order valence-corrected chi connectivity index (χ1v) is 14.5. The second kappa shape index (κ2) is 20.3. The van der Waals surface area contributed by atoms with Gasteiger partial charge in [-0.1, -0.05) is 5.11 Å². The van der Waals surface area contributed by atoms with Crippen molar-refractivity contribution in [2.45, 2.75) is 31.8 Å². The molecule has 0 radical (unpaired) electrons. The fourth-order valence-electron chi connectivity index (χ4n) is 4.39. The molecule has 1 fully saturated rings. The summed E-state index contributed by atoms with van der Waals surface area (Å²) in [5, 5.41) is 8.45. The van der Waals surface area contributed by atoms with Crippen molar-refractivity contribution in [3.8, 4) is 0 Å². The average molecular weight is 621 g/mol. The maximum absolute atomic E-state index is 12.8. The molecule has 0 spiro atoms. The van der Waals surface area contributed by atoms with Gasteiger partial charge in [-0.3, -0.25) is 24.5 Å². The van der Waals surface area contributed by atoms with Gasteiger partial charge in [0.25, 0.3) is 5.91 Å². The molecule has 3 rings (SSSR count). The number of fused-ring (bicyclic) bond motifs is 1. The lowest BCUT2D eigenvalue weighted by Gasteiger charge is -2.29. The summed E-state index contributed by atoms with van der Waals surface area (Å²) in [5.41, 5.74) is 9.89. The van der Waals surface area contributed by atoms with Gasteiger partial charge in [0, 0.05) is 35.7 Å². The fourth-order valence-corrected chi connectivity index (χ4v) is 4.39. The zero-order chi connectivity index (χ0) is 31.4. The molecule has 1 aromatic carbocycles. The number of carbonyl (C=O) groups excluding carboxylic acids is 4. The third-order valence-electron chi connectivity index (χ3n) is 6.54. The van der Waals surface area contributed by atoms with Crippen LogP contribution in [0, 0.1) is 0 Å². The van der Waals surface area contributed by atoms with Gasteiger partial charge < -0.3 is 38.6 Å². The van der Waals surface area contributed by atoms with Gasteiger partial charge in [0.1, 0.15) is 6.04 Å². The lowest BCUT2D eigenvalue weighted by Crippen LogP contribution is -2.52. The molecule has 242 valence electrons. The van der Waals surface area contributed by atoms with Crippen LogP contribution in [0.15, 0.2) is 23.3 Å². The Hall–Kier alpha value is -3.63. The zero-order valence-electron chi connectivity index (χ0n) is 24.7. The number of hydrogen-bond acceptors (Lipinski definition) is 11. The summed E-state index contributed by atoms with van der Waals surface area (Å²) < 4.78 is 32.3. The second-order valence-corrected chi connectivity index (χ2v) is 9.70. The molecule has 2 aliphatic heterocycles. The summed E-state index contributed by atoms with van der Waals surface area (Å²) >= 11 is 0.